The van der Waals surface area contributed by atoms with Gasteiger partial charge in [-0.1, -0.05) is 24.6 Å². The van der Waals surface area contributed by atoms with Crippen molar-refractivity contribution in [1.29, 1.82) is 0 Å². The summed E-state index contributed by atoms with van der Waals surface area (Å²) in [5.41, 5.74) is 1.15. The Bertz CT molecular complexity index is 325. The first-order chi connectivity index (χ1) is 8.09. The SMILES string of the molecule is CCNC(C)(CO)CCSc1ccc(C)cc1. The Kier molecular flexibility index (Phi) is 6.03. The molecule has 0 saturated carbocycles. The van der Waals surface area contributed by atoms with Crippen LogP contribution in [-0.2, 0) is 0 Å². The maximum atomic E-state index is 9.38. The van der Waals surface area contributed by atoms with Crippen LogP contribution in [-0.4, -0.2) is 29.5 Å². The molecule has 3 heteroatoms. The van der Waals surface area contributed by atoms with Gasteiger partial charge in [0.15, 0.2) is 0 Å². The minimum Gasteiger partial charge on any atom is -0.394 e. The van der Waals surface area contributed by atoms with Gasteiger partial charge in [-0.25, -0.2) is 0 Å². The number of aryl methyl sites for hydroxylation is 1. The van der Waals surface area contributed by atoms with Crippen molar-refractivity contribution in [3.8, 4) is 0 Å². The predicted octanol–water partition coefficient (Wildman–Crippen LogP) is 2.84. The van der Waals surface area contributed by atoms with Crippen LogP contribution in [0.4, 0.5) is 0 Å². The molecule has 96 valence electrons. The van der Waals surface area contributed by atoms with Crippen LogP contribution in [0.5, 0.6) is 0 Å². The number of likely N-dealkylation sites (N-methyl/N-ethyl adjacent to an activating group) is 1. The summed E-state index contributed by atoms with van der Waals surface area (Å²) in [7, 11) is 0. The molecule has 1 unspecified atom stereocenters. The standard InChI is InChI=1S/C14H23NOS/c1-4-15-14(3,11-16)9-10-17-13-7-5-12(2)6-8-13/h5-8,15-16H,4,9-11H2,1-3H3. The van der Waals surface area contributed by atoms with Crippen molar-refractivity contribution in [2.75, 3.05) is 18.9 Å². The Hall–Kier alpha value is -0.510. The van der Waals surface area contributed by atoms with Gasteiger partial charge in [-0.05, 0) is 44.7 Å². The Morgan fingerprint density at radius 2 is 1.94 bits per heavy atom. The first-order valence-corrected chi connectivity index (χ1v) is 7.13. The molecule has 1 rings (SSSR count). The number of aliphatic hydroxyl groups is 1. The minimum atomic E-state index is -0.146. The maximum absolute atomic E-state index is 9.38. The zero-order chi connectivity index (χ0) is 12.7. The summed E-state index contributed by atoms with van der Waals surface area (Å²) in [5.74, 6) is 1.02. The molecule has 0 bridgehead atoms. The monoisotopic (exact) mass is 253 g/mol. The molecule has 0 amide bonds. The highest BCUT2D eigenvalue weighted by atomic mass is 32.2. The first-order valence-electron chi connectivity index (χ1n) is 6.15. The Morgan fingerprint density at radius 3 is 2.47 bits per heavy atom. The number of benzene rings is 1. The summed E-state index contributed by atoms with van der Waals surface area (Å²) >= 11 is 1.85. The van der Waals surface area contributed by atoms with Gasteiger partial charge in [-0.15, -0.1) is 11.8 Å². The van der Waals surface area contributed by atoms with E-state index in [4.69, 9.17) is 0 Å². The van der Waals surface area contributed by atoms with Gasteiger partial charge < -0.3 is 10.4 Å². The summed E-state index contributed by atoms with van der Waals surface area (Å²) in [4.78, 5) is 1.30. The molecule has 2 nitrogen and oxygen atoms in total. The van der Waals surface area contributed by atoms with E-state index in [0.29, 0.717) is 0 Å². The first kappa shape index (κ1) is 14.6. The van der Waals surface area contributed by atoms with Crippen LogP contribution in [0.1, 0.15) is 25.8 Å². The van der Waals surface area contributed by atoms with Crippen molar-refractivity contribution in [2.45, 2.75) is 37.6 Å². The Labute approximate surface area is 109 Å². The van der Waals surface area contributed by atoms with Crippen LogP contribution in [0.15, 0.2) is 29.2 Å². The van der Waals surface area contributed by atoms with E-state index >= 15 is 0 Å². The molecule has 0 heterocycles. The molecule has 0 fully saturated rings. The van der Waals surface area contributed by atoms with E-state index in [1.165, 1.54) is 10.5 Å². The molecule has 0 spiro atoms. The molecule has 0 aliphatic rings. The number of hydrogen-bond donors (Lipinski definition) is 2. The second-order valence-electron chi connectivity index (χ2n) is 4.66. The number of aliphatic hydroxyl groups excluding tert-OH is 1. The molecular formula is C14H23NOS. The second kappa shape index (κ2) is 7.04. The summed E-state index contributed by atoms with van der Waals surface area (Å²) < 4.78 is 0. The summed E-state index contributed by atoms with van der Waals surface area (Å²) in [6.07, 6.45) is 0.968. The van der Waals surface area contributed by atoms with Gasteiger partial charge in [0.1, 0.15) is 0 Å². The third-order valence-corrected chi connectivity index (χ3v) is 3.91. The van der Waals surface area contributed by atoms with E-state index < -0.39 is 0 Å². The number of nitrogens with one attached hydrogen (secondary N) is 1. The van der Waals surface area contributed by atoms with E-state index in [1.54, 1.807) is 0 Å². The van der Waals surface area contributed by atoms with Crippen LogP contribution in [0.2, 0.25) is 0 Å². The van der Waals surface area contributed by atoms with Gasteiger partial charge in [0.05, 0.1) is 6.61 Å². The summed E-state index contributed by atoms with van der Waals surface area (Å²) in [6, 6.07) is 8.59. The zero-order valence-electron chi connectivity index (χ0n) is 11.0. The van der Waals surface area contributed by atoms with Crippen molar-refractivity contribution in [3.63, 3.8) is 0 Å². The highest BCUT2D eigenvalue weighted by molar-refractivity contribution is 7.99. The van der Waals surface area contributed by atoms with Gasteiger partial charge in [0, 0.05) is 10.4 Å². The molecule has 0 aliphatic carbocycles. The Morgan fingerprint density at radius 1 is 1.29 bits per heavy atom. The fraction of sp³-hybridized carbons (Fsp3) is 0.571. The van der Waals surface area contributed by atoms with Crippen LogP contribution in [0.25, 0.3) is 0 Å². The fourth-order valence-electron chi connectivity index (χ4n) is 1.68. The third kappa shape index (κ3) is 5.11. The highest BCUT2D eigenvalue weighted by Crippen LogP contribution is 2.22. The highest BCUT2D eigenvalue weighted by Gasteiger charge is 2.20. The molecule has 0 aromatic heterocycles. The maximum Gasteiger partial charge on any atom is 0.0610 e. The molecule has 1 atom stereocenters. The van der Waals surface area contributed by atoms with E-state index in [0.717, 1.165) is 18.7 Å². The smallest absolute Gasteiger partial charge is 0.0610 e. The van der Waals surface area contributed by atoms with Crippen LogP contribution >= 0.6 is 11.8 Å². The number of rotatable bonds is 7. The summed E-state index contributed by atoms with van der Waals surface area (Å²) in [6.45, 7) is 7.33. The molecule has 0 saturated heterocycles. The van der Waals surface area contributed by atoms with E-state index in [9.17, 15) is 5.11 Å². The molecule has 0 aliphatic heterocycles. The second-order valence-corrected chi connectivity index (χ2v) is 5.83. The van der Waals surface area contributed by atoms with Crippen molar-refractivity contribution >= 4 is 11.8 Å². The van der Waals surface area contributed by atoms with Gasteiger partial charge in [-0.3, -0.25) is 0 Å². The molecule has 0 radical (unpaired) electrons. The van der Waals surface area contributed by atoms with Crippen molar-refractivity contribution in [1.82, 2.24) is 5.32 Å². The molecule has 2 N–H and O–H groups in total. The average Bonchev–Trinajstić information content (AvgIpc) is 2.32. The largest absolute Gasteiger partial charge is 0.394 e. The lowest BCUT2D eigenvalue weighted by Gasteiger charge is -2.28. The van der Waals surface area contributed by atoms with Crippen molar-refractivity contribution < 1.29 is 5.11 Å². The molecular weight excluding hydrogens is 230 g/mol. The van der Waals surface area contributed by atoms with Crippen LogP contribution < -0.4 is 5.32 Å². The van der Waals surface area contributed by atoms with Crippen LogP contribution in [0.3, 0.4) is 0 Å². The molecule has 1 aromatic carbocycles. The number of hydrogen-bond acceptors (Lipinski definition) is 3. The lowest BCUT2D eigenvalue weighted by Crippen LogP contribution is -2.46. The fourth-order valence-corrected chi connectivity index (χ4v) is 2.80. The van der Waals surface area contributed by atoms with Crippen molar-refractivity contribution in [3.05, 3.63) is 29.8 Å². The minimum absolute atomic E-state index is 0.146. The zero-order valence-corrected chi connectivity index (χ0v) is 11.8. The van der Waals surface area contributed by atoms with Gasteiger partial charge in [0.2, 0.25) is 0 Å². The predicted molar refractivity (Wildman–Crippen MR) is 75.7 cm³/mol. The quantitative estimate of drug-likeness (QED) is 0.733. The van der Waals surface area contributed by atoms with Gasteiger partial charge in [0.25, 0.3) is 0 Å². The molecule has 17 heavy (non-hydrogen) atoms. The van der Waals surface area contributed by atoms with E-state index in [-0.39, 0.29) is 12.1 Å². The van der Waals surface area contributed by atoms with Gasteiger partial charge in [-0.2, -0.15) is 0 Å². The van der Waals surface area contributed by atoms with E-state index in [1.807, 2.05) is 11.8 Å². The van der Waals surface area contributed by atoms with Crippen LogP contribution in [0, 0.1) is 6.92 Å². The lowest BCUT2D eigenvalue weighted by atomic mass is 10.0. The number of thioether (sulfide) groups is 1. The molecule has 1 aromatic rings. The van der Waals surface area contributed by atoms with Crippen molar-refractivity contribution in [2.24, 2.45) is 0 Å². The average molecular weight is 253 g/mol. The normalized spacial score (nSPS) is 14.6. The third-order valence-electron chi connectivity index (χ3n) is 2.90. The van der Waals surface area contributed by atoms with Gasteiger partial charge >= 0.3 is 0 Å². The lowest BCUT2D eigenvalue weighted by molar-refractivity contribution is 0.173. The van der Waals surface area contributed by atoms with E-state index in [2.05, 4.69) is 50.4 Å². The Balaban J connectivity index is 2.38. The summed E-state index contributed by atoms with van der Waals surface area (Å²) in [5, 5.41) is 12.7. The topological polar surface area (TPSA) is 32.3 Å².